The van der Waals surface area contributed by atoms with E-state index < -0.39 is 89.3 Å². The molecule has 5 N–H and O–H groups in total. The fourth-order valence-corrected chi connectivity index (χ4v) is 9.71. The van der Waals surface area contributed by atoms with E-state index in [2.05, 4.69) is 15.1 Å². The number of cyclic esters (lactones) is 1. The van der Waals surface area contributed by atoms with Gasteiger partial charge >= 0.3 is 5.97 Å². The number of nitrogen functional groups attached to an aromatic ring is 1. The minimum atomic E-state index is -1.85. The lowest BCUT2D eigenvalue weighted by Gasteiger charge is -2.47. The van der Waals surface area contributed by atoms with Gasteiger partial charge in [0.05, 0.1) is 54.8 Å². The molecule has 14 atom stereocenters. The molecule has 3 fully saturated rings. The van der Waals surface area contributed by atoms with Crippen molar-refractivity contribution in [2.45, 2.75) is 148 Å². The first-order valence-corrected chi connectivity index (χ1v) is 22.3. The Morgan fingerprint density at radius 1 is 1.06 bits per heavy atom. The molecule has 1 aromatic carbocycles. The Morgan fingerprint density at radius 3 is 2.52 bits per heavy atom. The number of aliphatic imine (C=N–C) groups is 1. The zero-order valence-electron chi connectivity index (χ0n) is 38.4. The van der Waals surface area contributed by atoms with E-state index >= 15 is 0 Å². The van der Waals surface area contributed by atoms with E-state index in [0.717, 1.165) is 16.6 Å². The minimum absolute atomic E-state index is 0.137. The molecule has 18 heteroatoms. The maximum absolute atomic E-state index is 14.5. The molecule has 0 radical (unpaired) electrons. The van der Waals surface area contributed by atoms with Crippen molar-refractivity contribution in [3.63, 3.8) is 0 Å². The maximum atomic E-state index is 14.5. The van der Waals surface area contributed by atoms with E-state index in [0.29, 0.717) is 37.5 Å². The lowest BCUT2D eigenvalue weighted by molar-refractivity contribution is -0.296. The van der Waals surface area contributed by atoms with E-state index in [1.54, 1.807) is 20.8 Å². The normalized spacial score (nSPS) is 38.3. The molecular formula is C45H68N6O12. The van der Waals surface area contributed by atoms with Crippen LogP contribution in [0.1, 0.15) is 86.6 Å². The van der Waals surface area contributed by atoms with E-state index in [1.165, 1.54) is 13.8 Å². The average Bonchev–Trinajstić information content (AvgIpc) is 3.60. The predicted molar refractivity (Wildman–Crippen MR) is 233 cm³/mol. The number of aromatic nitrogens is 2. The van der Waals surface area contributed by atoms with Crippen LogP contribution in [-0.4, -0.2) is 155 Å². The van der Waals surface area contributed by atoms with Gasteiger partial charge in [-0.05, 0) is 97.5 Å². The number of fused-ring (bicyclic) bond motifs is 5. The summed E-state index contributed by atoms with van der Waals surface area (Å²) in [5.41, 5.74) is 5.86. The zero-order valence-corrected chi connectivity index (χ0v) is 38.4. The fraction of sp³-hybridized carbons (Fsp3) is 0.733. The maximum Gasteiger partial charge on any atom is 0.316 e. The molecule has 1 aromatic heterocycles. The number of hydrogen-bond acceptors (Lipinski definition) is 16. The number of oxime groups is 1. The van der Waals surface area contributed by atoms with Crippen molar-refractivity contribution < 1.29 is 57.9 Å². The Kier molecular flexibility index (Phi) is 15.5. The summed E-state index contributed by atoms with van der Waals surface area (Å²) in [7, 11) is 3.73. The van der Waals surface area contributed by atoms with Gasteiger partial charge in [-0.3, -0.25) is 14.4 Å². The quantitative estimate of drug-likeness (QED) is 0.152. The molecular weight excluding hydrogens is 817 g/mol. The Balaban J connectivity index is 1.36. The van der Waals surface area contributed by atoms with E-state index in [9.17, 15) is 24.6 Å². The molecule has 2 aromatic rings. The second-order valence-corrected chi connectivity index (χ2v) is 18.6. The van der Waals surface area contributed by atoms with Crippen molar-refractivity contribution in [1.29, 1.82) is 0 Å². The van der Waals surface area contributed by atoms with E-state index in [1.807, 2.05) is 58.0 Å². The van der Waals surface area contributed by atoms with Gasteiger partial charge in [0.2, 0.25) is 6.10 Å². The van der Waals surface area contributed by atoms with Gasteiger partial charge in [-0.15, -0.1) is 0 Å². The van der Waals surface area contributed by atoms with Gasteiger partial charge in [0.25, 0.3) is 5.91 Å². The number of rotatable bonds is 10. The van der Waals surface area contributed by atoms with Crippen molar-refractivity contribution in [3.05, 3.63) is 23.8 Å². The number of benzene rings is 1. The van der Waals surface area contributed by atoms with Crippen molar-refractivity contribution in [2.24, 2.45) is 33.8 Å². The Bertz CT molecular complexity index is 2000. The van der Waals surface area contributed by atoms with E-state index in [-0.39, 0.29) is 50.5 Å². The number of nitrogens with two attached hydrogens (primary N) is 1. The number of amides is 1. The highest BCUT2D eigenvalue weighted by Gasteiger charge is 2.53. The molecule has 0 saturated carbocycles. The molecule has 4 aliphatic rings. The third-order valence-electron chi connectivity index (χ3n) is 13.2. The Labute approximate surface area is 369 Å². The number of carbonyl (C=O) groups is 3. The van der Waals surface area contributed by atoms with Crippen LogP contribution in [0.15, 0.2) is 28.3 Å². The molecule has 6 rings (SSSR count). The summed E-state index contributed by atoms with van der Waals surface area (Å²) in [6.45, 7) is 13.5. The predicted octanol–water partition coefficient (Wildman–Crippen LogP) is 3.39. The fourth-order valence-electron chi connectivity index (χ4n) is 9.71. The molecule has 18 nitrogen and oxygen atoms in total. The molecule has 63 heavy (non-hydrogen) atoms. The number of nitrogens with zero attached hydrogens (tertiary/aromatic N) is 4. The van der Waals surface area contributed by atoms with Crippen LogP contribution in [0.4, 0.5) is 5.95 Å². The molecule has 5 heterocycles. The molecule has 3 saturated heterocycles. The number of nitrogens with one attached hydrogen (secondary N) is 1. The number of aryl methyl sites for hydroxylation is 1. The first kappa shape index (κ1) is 48.6. The highest BCUT2D eigenvalue weighted by Crippen LogP contribution is 2.40. The molecule has 350 valence electrons. The number of anilines is 1. The molecule has 1 amide bonds. The average molecular weight is 885 g/mol. The monoisotopic (exact) mass is 884 g/mol. The number of carbonyl (C=O) groups excluding carboxylic acids is 3. The summed E-state index contributed by atoms with van der Waals surface area (Å²) in [4.78, 5) is 62.6. The number of aliphatic hydroxyl groups is 2. The van der Waals surface area contributed by atoms with Gasteiger partial charge in [0.1, 0.15) is 29.4 Å². The SMILES string of the molecule is CC[C@H]1OC(=O)[C@H](C)C(=O)[C@H](C)[C@@H](O[C@@H]2O[C@H](C)C[C@H](N(C)C)[C@H]2O)[C@@]2(C)C[C@@H](C)C3=NC(=O)C(COCCCc4ccc5nc(N)[nH]c5c4)O/N=C(/CO[C@H]([C@H]3C)[C@]1(C)O)CO2. The van der Waals surface area contributed by atoms with Crippen molar-refractivity contribution in [1.82, 2.24) is 14.9 Å². The van der Waals surface area contributed by atoms with Gasteiger partial charge in [0.15, 0.2) is 18.0 Å². The number of likely N-dealkylation sites (N-methyl/N-ethyl adjacent to an activating group) is 1. The van der Waals surface area contributed by atoms with Crippen molar-refractivity contribution in [3.8, 4) is 0 Å². The third-order valence-corrected chi connectivity index (χ3v) is 13.2. The second kappa shape index (κ2) is 20.1. The molecule has 0 spiro atoms. The number of esters is 1. The van der Waals surface area contributed by atoms with Gasteiger partial charge in [-0.25, -0.2) is 9.98 Å². The Morgan fingerprint density at radius 2 is 1.81 bits per heavy atom. The highest BCUT2D eigenvalue weighted by molar-refractivity contribution is 6.01. The molecule has 4 bridgehead atoms. The smallest absolute Gasteiger partial charge is 0.316 e. The van der Waals surface area contributed by atoms with Gasteiger partial charge in [-0.2, -0.15) is 0 Å². The summed E-state index contributed by atoms with van der Waals surface area (Å²) >= 11 is 0. The summed E-state index contributed by atoms with van der Waals surface area (Å²) in [5, 5.41) is 28.5. The largest absolute Gasteiger partial charge is 0.459 e. The summed E-state index contributed by atoms with van der Waals surface area (Å²) in [6.07, 6.45) is -4.96. The summed E-state index contributed by atoms with van der Waals surface area (Å²) in [5.74, 6) is -5.22. The van der Waals surface area contributed by atoms with Crippen LogP contribution < -0.4 is 5.73 Å². The van der Waals surface area contributed by atoms with Crippen LogP contribution in [-0.2, 0) is 54.1 Å². The number of ether oxygens (including phenoxy) is 6. The lowest BCUT2D eigenvalue weighted by atomic mass is 9.73. The number of hydrogen-bond donors (Lipinski definition) is 4. The topological polar surface area (TPSA) is 239 Å². The second-order valence-electron chi connectivity index (χ2n) is 18.6. The number of aliphatic hydroxyl groups excluding tert-OH is 1. The number of H-pyrrole nitrogens is 1. The third kappa shape index (κ3) is 10.8. The molecule has 4 aliphatic heterocycles. The van der Waals surface area contributed by atoms with Crippen LogP contribution in [0.25, 0.3) is 11.0 Å². The Hall–Kier alpha value is -3.88. The first-order valence-electron chi connectivity index (χ1n) is 22.3. The molecule has 1 unspecified atom stereocenters. The van der Waals surface area contributed by atoms with Crippen molar-refractivity contribution in [2.75, 3.05) is 46.3 Å². The van der Waals surface area contributed by atoms with E-state index in [4.69, 9.17) is 44.0 Å². The van der Waals surface area contributed by atoms with Gasteiger partial charge in [-0.1, -0.05) is 38.9 Å². The van der Waals surface area contributed by atoms with Gasteiger partial charge in [0, 0.05) is 30.2 Å². The number of aromatic amines is 1. The van der Waals surface area contributed by atoms with Crippen LogP contribution in [0.2, 0.25) is 0 Å². The summed E-state index contributed by atoms with van der Waals surface area (Å²) < 4.78 is 38.4. The number of imidazole rings is 1. The number of ketones is 1. The highest BCUT2D eigenvalue weighted by atomic mass is 16.7. The lowest BCUT2D eigenvalue weighted by Crippen LogP contribution is -2.60. The molecule has 0 aliphatic carbocycles. The van der Waals surface area contributed by atoms with Crippen LogP contribution in [0, 0.1) is 23.7 Å². The number of Topliss-reactive ketones (excluding diaryl/α,β-unsaturated/α-hetero) is 1. The first-order chi connectivity index (χ1) is 29.7. The van der Waals surface area contributed by atoms with Crippen LogP contribution in [0.5, 0.6) is 0 Å². The zero-order chi connectivity index (χ0) is 46.0. The van der Waals surface area contributed by atoms with Gasteiger partial charge < -0.3 is 59.1 Å². The van der Waals surface area contributed by atoms with Crippen LogP contribution >= 0.6 is 0 Å². The minimum Gasteiger partial charge on any atom is -0.459 e. The standard InChI is InChI=1S/C45H68N6O12/c1-11-34-45(8,56)39-25(4)35-23(2)19-44(7,38(26(5)36(52)27(6)41(55)61-34)62-42-37(53)32(51(9)10)17-24(3)60-42)59-21-29(20-58-39)50-63-33(40(54)49-35)22-57-16-12-13-28-14-15-30-31(18-28)48-43(46)47-30/h14-15,18,23-27,32-34,37-39,42,53,56H,11-13,16-17,19-22H2,1-10H3,(H3,46,47,48)/b49-35?,50-29-/t23-,24-,25+,26+,27-,32+,33?,34-,37-,38-,39-,42+,44-,45-/m1/s1. The summed E-state index contributed by atoms with van der Waals surface area (Å²) in [6, 6.07) is 5.57. The van der Waals surface area contributed by atoms with Crippen LogP contribution in [0.3, 0.4) is 0 Å². The van der Waals surface area contributed by atoms with Crippen molar-refractivity contribution >= 4 is 46.1 Å².